The van der Waals surface area contributed by atoms with E-state index in [1.54, 1.807) is 0 Å². The second kappa shape index (κ2) is 9.25. The summed E-state index contributed by atoms with van der Waals surface area (Å²) >= 11 is 0. The molecule has 0 saturated heterocycles. The first-order valence-corrected chi connectivity index (χ1v) is 14.2. The molecule has 2 fully saturated rings. The van der Waals surface area contributed by atoms with E-state index in [0.717, 1.165) is 57.8 Å². The van der Waals surface area contributed by atoms with Crippen LogP contribution < -0.4 is 0 Å². The lowest BCUT2D eigenvalue weighted by molar-refractivity contribution is -0.161. The Labute approximate surface area is 221 Å². The Kier molecular flexibility index (Phi) is 7.42. The van der Waals surface area contributed by atoms with Crippen LogP contribution in [0.2, 0.25) is 0 Å². The van der Waals surface area contributed by atoms with Crippen molar-refractivity contribution in [2.75, 3.05) is 0 Å². The standard InChI is InChI=1S/C33H51NO2/c1-11-28(3,4)14-15-30(7,22-35)16-17-31(8)19-23(2)18-26-32(9)20-24(21-34)27(36)29(5,6)25(32)12-13-33(26,31)10/h20,22,25-26H,2,11-19H2,1,3-10H3/t25?,26-,30+,31-,32+,33-/m1/s1. The van der Waals surface area contributed by atoms with Crippen molar-refractivity contribution < 1.29 is 9.59 Å². The molecule has 1 unspecified atom stereocenters. The van der Waals surface area contributed by atoms with E-state index in [2.05, 4.69) is 81.0 Å². The van der Waals surface area contributed by atoms with Crippen LogP contribution in [0.3, 0.4) is 0 Å². The Balaban J connectivity index is 1.96. The molecule has 0 aromatic carbocycles. The van der Waals surface area contributed by atoms with Crippen LogP contribution in [0.25, 0.3) is 0 Å². The summed E-state index contributed by atoms with van der Waals surface area (Å²) in [6, 6.07) is 2.24. The first kappa shape index (κ1) is 28.9. The van der Waals surface area contributed by atoms with Crippen molar-refractivity contribution in [1.29, 1.82) is 5.26 Å². The molecular formula is C33H51NO2. The highest BCUT2D eigenvalue weighted by Crippen LogP contribution is 2.71. The number of aldehydes is 1. The van der Waals surface area contributed by atoms with E-state index in [0.29, 0.717) is 11.5 Å². The fraction of sp³-hybridized carbons (Fsp3) is 0.788. The molecule has 3 nitrogen and oxygen atoms in total. The normalized spacial score (nSPS) is 37.7. The minimum absolute atomic E-state index is 0.00484. The van der Waals surface area contributed by atoms with Gasteiger partial charge in [0, 0.05) is 10.8 Å². The molecule has 0 N–H and O–H groups in total. The molecule has 3 aliphatic carbocycles. The Morgan fingerprint density at radius 2 is 1.75 bits per heavy atom. The quantitative estimate of drug-likeness (QED) is 0.251. The molecule has 36 heavy (non-hydrogen) atoms. The van der Waals surface area contributed by atoms with Gasteiger partial charge in [0.25, 0.3) is 0 Å². The van der Waals surface area contributed by atoms with Gasteiger partial charge in [0.15, 0.2) is 5.78 Å². The number of nitrogens with zero attached hydrogens (tertiary/aromatic N) is 1. The van der Waals surface area contributed by atoms with E-state index >= 15 is 0 Å². The van der Waals surface area contributed by atoms with Crippen LogP contribution in [-0.2, 0) is 9.59 Å². The van der Waals surface area contributed by atoms with E-state index in [1.807, 2.05) is 0 Å². The maximum Gasteiger partial charge on any atom is 0.178 e. The number of ketones is 1. The molecule has 0 amide bonds. The van der Waals surface area contributed by atoms with Gasteiger partial charge in [-0.25, -0.2) is 0 Å². The van der Waals surface area contributed by atoms with Crippen molar-refractivity contribution in [1.82, 2.24) is 0 Å². The van der Waals surface area contributed by atoms with Crippen molar-refractivity contribution in [3.05, 3.63) is 23.8 Å². The molecule has 200 valence electrons. The fourth-order valence-corrected chi connectivity index (χ4v) is 8.42. The minimum Gasteiger partial charge on any atom is -0.303 e. The molecule has 0 bridgehead atoms. The van der Waals surface area contributed by atoms with Crippen molar-refractivity contribution in [3.63, 3.8) is 0 Å². The van der Waals surface area contributed by atoms with E-state index in [1.165, 1.54) is 11.9 Å². The molecule has 3 aliphatic rings. The molecule has 0 spiro atoms. The SMILES string of the molecule is C=C1C[C@@H]2[C@@]3(C)C=C(C#N)C(=O)C(C)(C)C3CC[C@@]2(C)[C@](C)(CC[C@@](C)(C=O)CCC(C)(C)CC)C1. The van der Waals surface area contributed by atoms with Crippen molar-refractivity contribution in [3.8, 4) is 6.07 Å². The molecule has 3 heteroatoms. The molecule has 0 radical (unpaired) electrons. The highest BCUT2D eigenvalue weighted by Gasteiger charge is 2.65. The van der Waals surface area contributed by atoms with Crippen LogP contribution in [0.4, 0.5) is 0 Å². The number of nitriles is 1. The zero-order valence-electron chi connectivity index (χ0n) is 24.6. The predicted octanol–water partition coefficient (Wildman–Crippen LogP) is 8.64. The summed E-state index contributed by atoms with van der Waals surface area (Å²) in [6.07, 6.45) is 12.3. The largest absolute Gasteiger partial charge is 0.303 e. The number of hydrogen-bond acceptors (Lipinski definition) is 3. The molecule has 2 saturated carbocycles. The third kappa shape index (κ3) is 4.56. The molecule has 0 heterocycles. The first-order chi connectivity index (χ1) is 16.4. The third-order valence-electron chi connectivity index (χ3n) is 11.9. The molecule has 0 aromatic rings. The summed E-state index contributed by atoms with van der Waals surface area (Å²) in [4.78, 5) is 25.5. The Hall–Kier alpha value is -1.69. The monoisotopic (exact) mass is 493 g/mol. The lowest BCUT2D eigenvalue weighted by Crippen LogP contribution is -2.61. The van der Waals surface area contributed by atoms with Gasteiger partial charge in [0.2, 0.25) is 0 Å². The molecule has 3 rings (SSSR count). The van der Waals surface area contributed by atoms with Gasteiger partial charge in [-0.1, -0.05) is 87.0 Å². The van der Waals surface area contributed by atoms with Crippen LogP contribution >= 0.6 is 0 Å². The second-order valence-corrected chi connectivity index (χ2v) is 15.1. The summed E-state index contributed by atoms with van der Waals surface area (Å²) in [5, 5.41) is 9.85. The number of carbonyl (C=O) groups excluding carboxylic acids is 2. The van der Waals surface area contributed by atoms with Gasteiger partial charge >= 0.3 is 0 Å². The van der Waals surface area contributed by atoms with Crippen LogP contribution in [0.15, 0.2) is 23.8 Å². The first-order valence-electron chi connectivity index (χ1n) is 14.2. The summed E-state index contributed by atoms with van der Waals surface area (Å²) in [7, 11) is 0. The highest BCUT2D eigenvalue weighted by molar-refractivity contribution is 6.04. The lowest BCUT2D eigenvalue weighted by Gasteiger charge is -2.67. The number of fused-ring (bicyclic) bond motifs is 3. The number of carbonyl (C=O) groups is 2. The third-order valence-corrected chi connectivity index (χ3v) is 11.9. The zero-order chi connectivity index (χ0) is 27.4. The van der Waals surface area contributed by atoms with Crippen molar-refractivity contribution >= 4 is 12.1 Å². The minimum atomic E-state index is -0.534. The topological polar surface area (TPSA) is 57.9 Å². The van der Waals surface area contributed by atoms with Crippen LogP contribution in [-0.4, -0.2) is 12.1 Å². The van der Waals surface area contributed by atoms with E-state index in [9.17, 15) is 14.9 Å². The maximum atomic E-state index is 13.2. The smallest absolute Gasteiger partial charge is 0.178 e. The van der Waals surface area contributed by atoms with Gasteiger partial charge in [0.05, 0.1) is 5.57 Å². The van der Waals surface area contributed by atoms with Gasteiger partial charge < -0.3 is 4.79 Å². The van der Waals surface area contributed by atoms with Gasteiger partial charge in [0.1, 0.15) is 12.4 Å². The van der Waals surface area contributed by atoms with E-state index in [4.69, 9.17) is 0 Å². The van der Waals surface area contributed by atoms with E-state index in [-0.39, 0.29) is 38.8 Å². The van der Waals surface area contributed by atoms with Crippen LogP contribution in [0.1, 0.15) is 120 Å². The summed E-state index contributed by atoms with van der Waals surface area (Å²) in [6.45, 7) is 24.8. The molecular weight excluding hydrogens is 442 g/mol. The number of Topliss-reactive ketones (excluding diaryl/α,β-unsaturated/α-hetero) is 1. The summed E-state index contributed by atoms with van der Waals surface area (Å²) in [5.74, 6) is 0.553. The average molecular weight is 494 g/mol. The number of hydrogen-bond donors (Lipinski definition) is 0. The van der Waals surface area contributed by atoms with Gasteiger partial charge in [-0.2, -0.15) is 5.26 Å². The van der Waals surface area contributed by atoms with Gasteiger partial charge in [-0.3, -0.25) is 4.79 Å². The summed E-state index contributed by atoms with van der Waals surface area (Å²) in [5.41, 5.74) is 0.891. The van der Waals surface area contributed by atoms with Crippen molar-refractivity contribution in [2.24, 2.45) is 44.3 Å². The predicted molar refractivity (Wildman–Crippen MR) is 148 cm³/mol. The lowest BCUT2D eigenvalue weighted by atomic mass is 9.36. The average Bonchev–Trinajstić information content (AvgIpc) is 2.81. The molecule has 0 aliphatic heterocycles. The van der Waals surface area contributed by atoms with E-state index < -0.39 is 5.41 Å². The van der Waals surface area contributed by atoms with Crippen LogP contribution in [0.5, 0.6) is 0 Å². The Bertz CT molecular complexity index is 996. The fourth-order valence-electron chi connectivity index (χ4n) is 8.42. The number of allylic oxidation sites excluding steroid dienone is 3. The van der Waals surface area contributed by atoms with Gasteiger partial charge in [-0.15, -0.1) is 0 Å². The van der Waals surface area contributed by atoms with Crippen molar-refractivity contribution in [2.45, 2.75) is 120 Å². The maximum absolute atomic E-state index is 13.2. The molecule has 6 atom stereocenters. The highest BCUT2D eigenvalue weighted by atomic mass is 16.1. The Morgan fingerprint density at radius 3 is 2.31 bits per heavy atom. The second-order valence-electron chi connectivity index (χ2n) is 15.1. The Morgan fingerprint density at radius 1 is 1.11 bits per heavy atom. The summed E-state index contributed by atoms with van der Waals surface area (Å²) < 4.78 is 0. The van der Waals surface area contributed by atoms with Crippen LogP contribution in [0, 0.1) is 55.7 Å². The zero-order valence-corrected chi connectivity index (χ0v) is 24.6. The van der Waals surface area contributed by atoms with Gasteiger partial charge in [-0.05, 0) is 84.9 Å². The molecule has 0 aromatic heterocycles. The number of rotatable bonds is 8.